The van der Waals surface area contributed by atoms with Gasteiger partial charge in [0.2, 0.25) is 5.91 Å². The lowest BCUT2D eigenvalue weighted by Crippen LogP contribution is -2.51. The monoisotopic (exact) mass is 382 g/mol. The van der Waals surface area contributed by atoms with Gasteiger partial charge in [0.15, 0.2) is 0 Å². The van der Waals surface area contributed by atoms with E-state index in [1.54, 1.807) is 4.90 Å². The predicted octanol–water partition coefficient (Wildman–Crippen LogP) is 2.42. The molecular weight excluding hydrogens is 364 g/mol. The quantitative estimate of drug-likeness (QED) is 0.751. The Bertz CT molecular complexity index is 763. The number of rotatable bonds is 4. The number of alkyl halides is 3. The van der Waals surface area contributed by atoms with Crippen LogP contribution < -0.4 is 4.90 Å². The Hall–Kier alpha value is -1.84. The summed E-state index contributed by atoms with van der Waals surface area (Å²) in [6, 6.07) is 2.16. The van der Waals surface area contributed by atoms with Gasteiger partial charge in [0.1, 0.15) is 10.7 Å². The lowest BCUT2D eigenvalue weighted by Gasteiger charge is -2.37. The summed E-state index contributed by atoms with van der Waals surface area (Å²) in [5.41, 5.74) is -5.88. The molecule has 1 saturated heterocycles. The fourth-order valence-corrected chi connectivity index (χ4v) is 3.63. The number of carbonyl (C=O) groups is 1. The number of piperazine rings is 1. The molecule has 0 aliphatic carbocycles. The van der Waals surface area contributed by atoms with E-state index < -0.39 is 26.1 Å². The number of anilines is 1. The molecule has 5 nitrogen and oxygen atoms in total. The highest BCUT2D eigenvalue weighted by Gasteiger charge is 2.48. The van der Waals surface area contributed by atoms with Gasteiger partial charge in [0, 0.05) is 19.6 Å². The molecule has 140 valence electrons. The first-order valence-electron chi connectivity index (χ1n) is 7.57. The number of amides is 1. The Kier molecular flexibility index (Phi) is 5.31. The fourth-order valence-electron chi connectivity index (χ4n) is 2.64. The van der Waals surface area contributed by atoms with Gasteiger partial charge in [-0.1, -0.05) is 13.8 Å². The molecule has 0 saturated carbocycles. The SMILES string of the molecule is CC(C)CN1CCN(c2ccc(F)cc2S(=O)(=O)C(F)(F)F)CC1=O. The summed E-state index contributed by atoms with van der Waals surface area (Å²) in [6.45, 7) is 4.49. The highest BCUT2D eigenvalue weighted by atomic mass is 32.2. The van der Waals surface area contributed by atoms with Crippen molar-refractivity contribution in [3.63, 3.8) is 0 Å². The van der Waals surface area contributed by atoms with Crippen molar-refractivity contribution in [2.45, 2.75) is 24.3 Å². The average Bonchev–Trinajstić information content (AvgIpc) is 2.47. The maximum Gasteiger partial charge on any atom is 0.501 e. The molecule has 0 spiro atoms. The molecule has 2 rings (SSSR count). The first-order valence-corrected chi connectivity index (χ1v) is 9.05. The van der Waals surface area contributed by atoms with Gasteiger partial charge in [-0.15, -0.1) is 0 Å². The van der Waals surface area contributed by atoms with Gasteiger partial charge >= 0.3 is 5.51 Å². The summed E-state index contributed by atoms with van der Waals surface area (Å²) < 4.78 is 75.5. The summed E-state index contributed by atoms with van der Waals surface area (Å²) in [4.78, 5) is 13.8. The van der Waals surface area contributed by atoms with Crippen molar-refractivity contribution >= 4 is 21.4 Å². The van der Waals surface area contributed by atoms with Crippen LogP contribution in [0, 0.1) is 11.7 Å². The standard InChI is InChI=1S/C15H18F4N2O3S/c1-10(2)8-21-6-5-20(9-14(21)22)12-4-3-11(16)7-13(12)25(23,24)15(17,18)19/h3-4,7,10H,5-6,8-9H2,1-2H3. The third kappa shape index (κ3) is 4.05. The molecule has 0 aromatic heterocycles. The van der Waals surface area contributed by atoms with Crippen molar-refractivity contribution in [1.82, 2.24) is 4.90 Å². The molecule has 1 fully saturated rings. The van der Waals surface area contributed by atoms with Gasteiger partial charge in [-0.2, -0.15) is 13.2 Å². The van der Waals surface area contributed by atoms with Crippen LogP contribution in [-0.4, -0.2) is 50.9 Å². The van der Waals surface area contributed by atoms with Crippen molar-refractivity contribution < 1.29 is 30.8 Å². The van der Waals surface area contributed by atoms with Crippen molar-refractivity contribution in [2.75, 3.05) is 31.1 Å². The van der Waals surface area contributed by atoms with Crippen LogP contribution >= 0.6 is 0 Å². The molecule has 1 aliphatic heterocycles. The maximum absolute atomic E-state index is 13.4. The Balaban J connectivity index is 2.37. The number of sulfone groups is 1. The third-order valence-electron chi connectivity index (χ3n) is 3.76. The van der Waals surface area contributed by atoms with Gasteiger partial charge in [0.25, 0.3) is 9.84 Å². The number of nitrogens with zero attached hydrogens (tertiary/aromatic N) is 2. The molecule has 1 aromatic carbocycles. The molecule has 10 heteroatoms. The van der Waals surface area contributed by atoms with E-state index in [9.17, 15) is 30.8 Å². The fraction of sp³-hybridized carbons (Fsp3) is 0.533. The van der Waals surface area contributed by atoms with Crippen LogP contribution in [0.1, 0.15) is 13.8 Å². The van der Waals surface area contributed by atoms with E-state index in [1.807, 2.05) is 13.8 Å². The van der Waals surface area contributed by atoms with Gasteiger partial charge in [-0.3, -0.25) is 4.79 Å². The van der Waals surface area contributed by atoms with E-state index in [0.717, 1.165) is 12.1 Å². The molecule has 25 heavy (non-hydrogen) atoms. The maximum atomic E-state index is 13.4. The highest BCUT2D eigenvalue weighted by Crippen LogP contribution is 2.36. The van der Waals surface area contributed by atoms with Crippen LogP contribution in [0.5, 0.6) is 0 Å². The number of carbonyl (C=O) groups excluding carboxylic acids is 1. The summed E-state index contributed by atoms with van der Waals surface area (Å²) >= 11 is 0. The topological polar surface area (TPSA) is 57.7 Å². The molecule has 1 amide bonds. The van der Waals surface area contributed by atoms with E-state index in [4.69, 9.17) is 0 Å². The Labute approximate surface area is 143 Å². The summed E-state index contributed by atoms with van der Waals surface area (Å²) in [5, 5.41) is 0. The third-order valence-corrected chi connectivity index (χ3v) is 5.28. The minimum Gasteiger partial charge on any atom is -0.359 e. The van der Waals surface area contributed by atoms with Crippen LogP contribution in [0.2, 0.25) is 0 Å². The summed E-state index contributed by atoms with van der Waals surface area (Å²) in [5.74, 6) is -1.20. The van der Waals surface area contributed by atoms with Crippen molar-refractivity contribution in [1.29, 1.82) is 0 Å². The van der Waals surface area contributed by atoms with E-state index >= 15 is 0 Å². The van der Waals surface area contributed by atoms with E-state index in [2.05, 4.69) is 0 Å². The van der Waals surface area contributed by atoms with Gasteiger partial charge < -0.3 is 9.80 Å². The van der Waals surface area contributed by atoms with Crippen molar-refractivity contribution in [3.8, 4) is 0 Å². The van der Waals surface area contributed by atoms with E-state index in [1.165, 1.54) is 4.90 Å². The lowest BCUT2D eigenvalue weighted by atomic mass is 10.1. The van der Waals surface area contributed by atoms with Crippen LogP contribution in [0.4, 0.5) is 23.2 Å². The Morgan fingerprint density at radius 1 is 1.20 bits per heavy atom. The molecule has 0 unspecified atom stereocenters. The Morgan fingerprint density at radius 2 is 1.84 bits per heavy atom. The number of halogens is 4. The second-order valence-electron chi connectivity index (χ2n) is 6.22. The second kappa shape index (κ2) is 6.81. The minimum atomic E-state index is -5.74. The van der Waals surface area contributed by atoms with Crippen LogP contribution in [0.3, 0.4) is 0 Å². The zero-order chi connectivity index (χ0) is 19.0. The van der Waals surface area contributed by atoms with Crippen molar-refractivity contribution in [3.05, 3.63) is 24.0 Å². The molecule has 1 heterocycles. The lowest BCUT2D eigenvalue weighted by molar-refractivity contribution is -0.131. The average molecular weight is 382 g/mol. The molecule has 1 aliphatic rings. The van der Waals surface area contributed by atoms with Crippen LogP contribution in [-0.2, 0) is 14.6 Å². The number of hydrogen-bond acceptors (Lipinski definition) is 4. The van der Waals surface area contributed by atoms with Gasteiger partial charge in [-0.25, -0.2) is 12.8 Å². The highest BCUT2D eigenvalue weighted by molar-refractivity contribution is 7.92. The molecule has 1 aromatic rings. The van der Waals surface area contributed by atoms with E-state index in [0.29, 0.717) is 12.6 Å². The van der Waals surface area contributed by atoms with Crippen LogP contribution in [0.25, 0.3) is 0 Å². The Morgan fingerprint density at radius 3 is 2.36 bits per heavy atom. The van der Waals surface area contributed by atoms with Crippen LogP contribution in [0.15, 0.2) is 23.1 Å². The predicted molar refractivity (Wildman–Crippen MR) is 83.3 cm³/mol. The smallest absolute Gasteiger partial charge is 0.359 e. The zero-order valence-electron chi connectivity index (χ0n) is 13.7. The van der Waals surface area contributed by atoms with Crippen molar-refractivity contribution in [2.24, 2.45) is 5.92 Å². The largest absolute Gasteiger partial charge is 0.501 e. The molecule has 0 N–H and O–H groups in total. The molecule has 0 radical (unpaired) electrons. The molecule has 0 atom stereocenters. The second-order valence-corrected chi connectivity index (χ2v) is 8.13. The zero-order valence-corrected chi connectivity index (χ0v) is 14.5. The number of benzene rings is 1. The number of hydrogen-bond donors (Lipinski definition) is 0. The normalized spacial score (nSPS) is 16.7. The molecule has 0 bridgehead atoms. The van der Waals surface area contributed by atoms with Gasteiger partial charge in [-0.05, 0) is 24.1 Å². The molecular formula is C15H18F4N2O3S. The van der Waals surface area contributed by atoms with E-state index in [-0.39, 0.29) is 37.1 Å². The summed E-state index contributed by atoms with van der Waals surface area (Å²) in [7, 11) is -5.74. The van der Waals surface area contributed by atoms with Gasteiger partial charge in [0.05, 0.1) is 12.2 Å². The first kappa shape index (κ1) is 19.5. The summed E-state index contributed by atoms with van der Waals surface area (Å²) in [6.07, 6.45) is 0. The first-order chi connectivity index (χ1) is 11.4. The minimum absolute atomic E-state index is 0.157.